The molecule has 1 aliphatic rings. The Kier molecular flexibility index (Phi) is 4.19. The first-order chi connectivity index (χ1) is 6.91. The van der Waals surface area contributed by atoms with Gasteiger partial charge in [-0.05, 0) is 43.3 Å². The molecule has 1 fully saturated rings. The summed E-state index contributed by atoms with van der Waals surface area (Å²) >= 11 is 0. The number of nitrogens with two attached hydrogens (primary N) is 1. The summed E-state index contributed by atoms with van der Waals surface area (Å²) in [5, 5.41) is 0. The molecule has 0 radical (unpaired) electrons. The van der Waals surface area contributed by atoms with Crippen molar-refractivity contribution < 1.29 is 0 Å². The van der Waals surface area contributed by atoms with Gasteiger partial charge in [0.2, 0.25) is 0 Å². The zero-order valence-corrected chi connectivity index (χ0v) is 11.0. The Hall–Kier alpha value is -0.0800. The van der Waals surface area contributed by atoms with Crippen LogP contribution in [0, 0.1) is 10.8 Å². The van der Waals surface area contributed by atoms with Gasteiger partial charge in [-0.3, -0.25) is 0 Å². The van der Waals surface area contributed by atoms with E-state index in [4.69, 9.17) is 5.73 Å². The second-order valence-corrected chi connectivity index (χ2v) is 6.31. The zero-order chi connectivity index (χ0) is 11.5. The van der Waals surface area contributed by atoms with E-state index in [0.717, 1.165) is 13.1 Å². The molecule has 0 spiro atoms. The van der Waals surface area contributed by atoms with Gasteiger partial charge in [-0.15, -0.1) is 0 Å². The molecule has 2 heteroatoms. The minimum Gasteiger partial charge on any atom is -0.330 e. The van der Waals surface area contributed by atoms with E-state index in [1.807, 2.05) is 0 Å². The molecule has 2 N–H and O–H groups in total. The minimum atomic E-state index is 0.278. The summed E-state index contributed by atoms with van der Waals surface area (Å²) < 4.78 is 0. The maximum absolute atomic E-state index is 5.78. The van der Waals surface area contributed by atoms with Crippen molar-refractivity contribution in [3.05, 3.63) is 0 Å². The Labute approximate surface area is 95.2 Å². The third-order valence-corrected chi connectivity index (χ3v) is 4.12. The predicted molar refractivity (Wildman–Crippen MR) is 66.9 cm³/mol. The van der Waals surface area contributed by atoms with Crippen molar-refractivity contribution in [2.45, 2.75) is 47.0 Å². The third-order valence-electron chi connectivity index (χ3n) is 4.12. The standard InChI is InChI=1S/C13H28N2/c1-5-13(4)6-8-15(9-7-13)11-12(2,3)10-14/h5-11,14H2,1-4H3. The Morgan fingerprint density at radius 1 is 1.27 bits per heavy atom. The molecule has 0 aromatic heterocycles. The molecule has 15 heavy (non-hydrogen) atoms. The molecule has 0 aromatic rings. The van der Waals surface area contributed by atoms with Crippen molar-refractivity contribution in [1.29, 1.82) is 0 Å². The molecule has 1 aliphatic heterocycles. The highest BCUT2D eigenvalue weighted by molar-refractivity contribution is 4.84. The normalized spacial score (nSPS) is 23.0. The number of hydrogen-bond acceptors (Lipinski definition) is 2. The first-order valence-corrected chi connectivity index (χ1v) is 6.33. The first kappa shape index (κ1) is 13.0. The van der Waals surface area contributed by atoms with Gasteiger partial charge in [0.25, 0.3) is 0 Å². The van der Waals surface area contributed by atoms with Crippen molar-refractivity contribution in [2.75, 3.05) is 26.2 Å². The van der Waals surface area contributed by atoms with E-state index < -0.39 is 0 Å². The van der Waals surface area contributed by atoms with Crippen LogP contribution < -0.4 is 5.73 Å². The van der Waals surface area contributed by atoms with E-state index in [1.54, 1.807) is 0 Å². The molecule has 0 amide bonds. The van der Waals surface area contributed by atoms with Gasteiger partial charge in [-0.1, -0.05) is 34.1 Å². The first-order valence-electron chi connectivity index (χ1n) is 6.33. The van der Waals surface area contributed by atoms with E-state index in [1.165, 1.54) is 32.4 Å². The molecule has 1 saturated heterocycles. The molecule has 0 aliphatic carbocycles. The third kappa shape index (κ3) is 3.76. The molecule has 0 unspecified atom stereocenters. The summed E-state index contributed by atoms with van der Waals surface area (Å²) in [6, 6.07) is 0. The van der Waals surface area contributed by atoms with Crippen LogP contribution >= 0.6 is 0 Å². The van der Waals surface area contributed by atoms with Gasteiger partial charge in [0.05, 0.1) is 0 Å². The van der Waals surface area contributed by atoms with Crippen LogP contribution in [0.15, 0.2) is 0 Å². The second kappa shape index (κ2) is 4.84. The molecule has 0 bridgehead atoms. The molecular weight excluding hydrogens is 184 g/mol. The largest absolute Gasteiger partial charge is 0.330 e. The van der Waals surface area contributed by atoms with Gasteiger partial charge >= 0.3 is 0 Å². The summed E-state index contributed by atoms with van der Waals surface area (Å²) in [5.74, 6) is 0. The maximum atomic E-state index is 5.78. The molecule has 2 nitrogen and oxygen atoms in total. The van der Waals surface area contributed by atoms with E-state index in [9.17, 15) is 0 Å². The molecule has 0 saturated carbocycles. The lowest BCUT2D eigenvalue weighted by Gasteiger charge is -2.41. The number of likely N-dealkylation sites (tertiary alicyclic amines) is 1. The second-order valence-electron chi connectivity index (χ2n) is 6.31. The van der Waals surface area contributed by atoms with E-state index in [2.05, 4.69) is 32.6 Å². The van der Waals surface area contributed by atoms with Gasteiger partial charge in [0.1, 0.15) is 0 Å². The quantitative estimate of drug-likeness (QED) is 0.776. The summed E-state index contributed by atoms with van der Waals surface area (Å²) in [4.78, 5) is 2.59. The van der Waals surface area contributed by atoms with Gasteiger partial charge in [-0.2, -0.15) is 0 Å². The summed E-state index contributed by atoms with van der Waals surface area (Å²) in [6.07, 6.45) is 4.02. The van der Waals surface area contributed by atoms with E-state index in [0.29, 0.717) is 5.41 Å². The summed E-state index contributed by atoms with van der Waals surface area (Å²) in [5.41, 5.74) is 6.65. The minimum absolute atomic E-state index is 0.278. The predicted octanol–water partition coefficient (Wildman–Crippen LogP) is 2.48. The zero-order valence-electron chi connectivity index (χ0n) is 11.0. The highest BCUT2D eigenvalue weighted by Crippen LogP contribution is 2.34. The Morgan fingerprint density at radius 2 is 1.80 bits per heavy atom. The van der Waals surface area contributed by atoms with Crippen LogP contribution in [0.4, 0.5) is 0 Å². The van der Waals surface area contributed by atoms with Crippen molar-refractivity contribution >= 4 is 0 Å². The Morgan fingerprint density at radius 3 is 2.20 bits per heavy atom. The monoisotopic (exact) mass is 212 g/mol. The highest BCUT2D eigenvalue weighted by atomic mass is 15.1. The van der Waals surface area contributed by atoms with E-state index in [-0.39, 0.29) is 5.41 Å². The topological polar surface area (TPSA) is 29.3 Å². The number of hydrogen-bond donors (Lipinski definition) is 1. The number of nitrogens with zero attached hydrogens (tertiary/aromatic N) is 1. The van der Waals surface area contributed by atoms with Crippen LogP contribution in [-0.4, -0.2) is 31.1 Å². The molecule has 0 aromatic carbocycles. The smallest absolute Gasteiger partial charge is 0.00448 e. The lowest BCUT2D eigenvalue weighted by atomic mass is 9.77. The van der Waals surface area contributed by atoms with Gasteiger partial charge in [-0.25, -0.2) is 0 Å². The lowest BCUT2D eigenvalue weighted by molar-refractivity contribution is 0.0850. The number of rotatable bonds is 4. The maximum Gasteiger partial charge on any atom is 0.00448 e. The van der Waals surface area contributed by atoms with Crippen molar-refractivity contribution in [2.24, 2.45) is 16.6 Å². The van der Waals surface area contributed by atoms with Crippen LogP contribution in [0.2, 0.25) is 0 Å². The van der Waals surface area contributed by atoms with Crippen LogP contribution in [0.25, 0.3) is 0 Å². The molecule has 90 valence electrons. The van der Waals surface area contributed by atoms with Gasteiger partial charge in [0.15, 0.2) is 0 Å². The van der Waals surface area contributed by atoms with Crippen molar-refractivity contribution in [3.63, 3.8) is 0 Å². The summed E-state index contributed by atoms with van der Waals surface area (Å²) in [7, 11) is 0. The highest BCUT2D eigenvalue weighted by Gasteiger charge is 2.30. The van der Waals surface area contributed by atoms with Crippen LogP contribution in [0.5, 0.6) is 0 Å². The fraction of sp³-hybridized carbons (Fsp3) is 1.00. The Bertz CT molecular complexity index is 191. The molecule has 0 atom stereocenters. The fourth-order valence-corrected chi connectivity index (χ4v) is 2.27. The van der Waals surface area contributed by atoms with Gasteiger partial charge in [0, 0.05) is 6.54 Å². The molecular formula is C13H28N2. The molecule has 1 rings (SSSR count). The van der Waals surface area contributed by atoms with E-state index >= 15 is 0 Å². The average molecular weight is 212 g/mol. The molecule has 1 heterocycles. The summed E-state index contributed by atoms with van der Waals surface area (Å²) in [6.45, 7) is 13.7. The average Bonchev–Trinajstić information content (AvgIpc) is 2.22. The van der Waals surface area contributed by atoms with Crippen molar-refractivity contribution in [1.82, 2.24) is 4.90 Å². The van der Waals surface area contributed by atoms with Crippen LogP contribution in [0.1, 0.15) is 47.0 Å². The lowest BCUT2D eigenvalue weighted by Crippen LogP contribution is -2.44. The fourth-order valence-electron chi connectivity index (χ4n) is 2.27. The Balaban J connectivity index is 2.38. The van der Waals surface area contributed by atoms with Crippen LogP contribution in [0.3, 0.4) is 0 Å². The van der Waals surface area contributed by atoms with Crippen LogP contribution in [-0.2, 0) is 0 Å². The number of piperidine rings is 1. The SMILES string of the molecule is CCC1(C)CCN(CC(C)(C)CN)CC1. The van der Waals surface area contributed by atoms with Crippen molar-refractivity contribution in [3.8, 4) is 0 Å². The van der Waals surface area contributed by atoms with Gasteiger partial charge < -0.3 is 10.6 Å².